The summed E-state index contributed by atoms with van der Waals surface area (Å²) in [5, 5.41) is 0. The molecule has 0 saturated carbocycles. The maximum atomic E-state index is 12.1. The van der Waals surface area contributed by atoms with E-state index in [4.69, 9.17) is 9.47 Å². The van der Waals surface area contributed by atoms with Crippen molar-refractivity contribution >= 4 is 5.97 Å². The molecule has 0 saturated heterocycles. The van der Waals surface area contributed by atoms with Crippen molar-refractivity contribution in [3.05, 3.63) is 73.1 Å². The van der Waals surface area contributed by atoms with Crippen LogP contribution in [-0.4, -0.2) is 18.7 Å². The molecule has 0 heterocycles. The number of hydrogen-bond donors (Lipinski definition) is 0. The minimum Gasteiger partial charge on any atom is -0.497 e. The zero-order valence-electron chi connectivity index (χ0n) is 10.6. The smallest absolute Gasteiger partial charge is 0.338 e. The Kier molecular flexibility index (Phi) is 4.56. The van der Waals surface area contributed by atoms with Gasteiger partial charge in [0, 0.05) is 5.92 Å². The topological polar surface area (TPSA) is 35.5 Å². The van der Waals surface area contributed by atoms with Gasteiger partial charge in [0.25, 0.3) is 0 Å². The molecule has 3 nitrogen and oxygen atoms in total. The van der Waals surface area contributed by atoms with Crippen LogP contribution in [0.1, 0.15) is 0 Å². The largest absolute Gasteiger partial charge is 0.497 e. The Labute approximate surface area is 112 Å². The van der Waals surface area contributed by atoms with Gasteiger partial charge in [-0.25, -0.2) is 4.79 Å². The van der Waals surface area contributed by atoms with Gasteiger partial charge in [0.05, 0.1) is 11.8 Å². The molecule has 0 aromatic rings. The molecule has 0 radical (unpaired) electrons. The molecule has 0 N–H and O–H groups in total. The molecule has 0 aromatic carbocycles. The summed E-state index contributed by atoms with van der Waals surface area (Å²) in [4.78, 5) is 12.1. The van der Waals surface area contributed by atoms with E-state index in [1.165, 1.54) is 6.26 Å². The van der Waals surface area contributed by atoms with E-state index in [9.17, 15) is 4.79 Å². The van der Waals surface area contributed by atoms with Crippen LogP contribution in [0.5, 0.6) is 0 Å². The lowest BCUT2D eigenvalue weighted by Gasteiger charge is -2.12. The van der Waals surface area contributed by atoms with E-state index in [0.29, 0.717) is 5.57 Å². The van der Waals surface area contributed by atoms with Gasteiger partial charge >= 0.3 is 5.97 Å². The zero-order valence-corrected chi connectivity index (χ0v) is 10.6. The molecule has 0 aromatic heterocycles. The Balaban J connectivity index is 2.02. The van der Waals surface area contributed by atoms with Crippen molar-refractivity contribution in [1.82, 2.24) is 0 Å². The number of carbonyl (C=O) groups excluding carboxylic acids is 1. The second-order valence-corrected chi connectivity index (χ2v) is 4.16. The number of ether oxygens (including phenoxy) is 2. The zero-order chi connectivity index (χ0) is 13.5. The van der Waals surface area contributed by atoms with E-state index in [1.807, 2.05) is 54.7 Å². The fraction of sp³-hybridized carbons (Fsp3) is 0.188. The van der Waals surface area contributed by atoms with Gasteiger partial charge in [-0.05, 0) is 12.2 Å². The maximum absolute atomic E-state index is 12.1. The van der Waals surface area contributed by atoms with Crippen molar-refractivity contribution < 1.29 is 14.3 Å². The lowest BCUT2D eigenvalue weighted by atomic mass is 10.1. The van der Waals surface area contributed by atoms with E-state index < -0.39 is 0 Å². The molecular weight excluding hydrogens is 240 g/mol. The van der Waals surface area contributed by atoms with Crippen molar-refractivity contribution in [1.29, 1.82) is 0 Å². The minimum absolute atomic E-state index is 0.116. The minimum atomic E-state index is -0.364. The van der Waals surface area contributed by atoms with Crippen LogP contribution < -0.4 is 0 Å². The molecule has 0 amide bonds. The highest BCUT2D eigenvalue weighted by Gasteiger charge is 2.17. The number of hydrogen-bond acceptors (Lipinski definition) is 3. The van der Waals surface area contributed by atoms with E-state index in [-0.39, 0.29) is 24.6 Å². The molecule has 2 aliphatic carbocycles. The summed E-state index contributed by atoms with van der Waals surface area (Å²) >= 11 is 0. The van der Waals surface area contributed by atoms with Crippen LogP contribution >= 0.6 is 0 Å². The molecule has 2 rings (SSSR count). The molecule has 0 spiro atoms. The van der Waals surface area contributed by atoms with Crippen LogP contribution in [0.3, 0.4) is 0 Å². The average Bonchev–Trinajstić information content (AvgIpc) is 3.07. The van der Waals surface area contributed by atoms with Gasteiger partial charge in [0.2, 0.25) is 0 Å². The Bertz CT molecular complexity index is 468. The number of allylic oxidation sites excluding steroid dienone is 7. The summed E-state index contributed by atoms with van der Waals surface area (Å²) < 4.78 is 10.4. The van der Waals surface area contributed by atoms with Crippen molar-refractivity contribution in [2.75, 3.05) is 6.61 Å². The summed E-state index contributed by atoms with van der Waals surface area (Å²) in [6, 6.07) is 0. The second kappa shape index (κ2) is 6.59. The van der Waals surface area contributed by atoms with Crippen molar-refractivity contribution in [3.8, 4) is 0 Å². The van der Waals surface area contributed by atoms with Gasteiger partial charge in [-0.3, -0.25) is 0 Å². The Morgan fingerprint density at radius 3 is 2.37 bits per heavy atom. The molecular formula is C16H16O3. The van der Waals surface area contributed by atoms with E-state index in [2.05, 4.69) is 6.58 Å². The molecule has 98 valence electrons. The van der Waals surface area contributed by atoms with E-state index in [0.717, 1.165) is 0 Å². The monoisotopic (exact) mass is 256 g/mol. The highest BCUT2D eigenvalue weighted by Crippen LogP contribution is 2.16. The van der Waals surface area contributed by atoms with Gasteiger partial charge < -0.3 is 9.47 Å². The number of rotatable bonds is 6. The molecule has 0 aliphatic heterocycles. The predicted octanol–water partition coefficient (Wildman–Crippen LogP) is 2.85. The van der Waals surface area contributed by atoms with Crippen molar-refractivity contribution in [2.45, 2.75) is 6.10 Å². The van der Waals surface area contributed by atoms with Gasteiger partial charge in [-0.1, -0.05) is 49.1 Å². The van der Waals surface area contributed by atoms with Crippen LogP contribution in [0.4, 0.5) is 0 Å². The first kappa shape index (κ1) is 13.1. The molecule has 0 unspecified atom stereocenters. The third kappa shape index (κ3) is 3.85. The fourth-order valence-corrected chi connectivity index (χ4v) is 1.81. The quantitative estimate of drug-likeness (QED) is 0.416. The third-order valence-electron chi connectivity index (χ3n) is 2.75. The molecule has 19 heavy (non-hydrogen) atoms. The SMILES string of the molecule is C=COCC(=CC1C=CC=C1)C(=O)OC1C=CC=C1. The predicted molar refractivity (Wildman–Crippen MR) is 74.2 cm³/mol. The van der Waals surface area contributed by atoms with E-state index >= 15 is 0 Å². The van der Waals surface area contributed by atoms with Crippen molar-refractivity contribution in [2.24, 2.45) is 5.92 Å². The summed E-state index contributed by atoms with van der Waals surface area (Å²) in [5.74, 6) is -0.248. The first-order valence-corrected chi connectivity index (χ1v) is 6.14. The molecule has 0 atom stereocenters. The van der Waals surface area contributed by atoms with Gasteiger partial charge in [-0.2, -0.15) is 0 Å². The fourth-order valence-electron chi connectivity index (χ4n) is 1.81. The number of carbonyl (C=O) groups is 1. The lowest BCUT2D eigenvalue weighted by molar-refractivity contribution is -0.140. The van der Waals surface area contributed by atoms with Gasteiger partial charge in [0.15, 0.2) is 0 Å². The molecule has 3 heteroatoms. The molecule has 2 aliphatic rings. The van der Waals surface area contributed by atoms with Crippen LogP contribution in [0, 0.1) is 5.92 Å². The summed E-state index contributed by atoms with van der Waals surface area (Å²) in [6.07, 6.45) is 18.1. The lowest BCUT2D eigenvalue weighted by Crippen LogP contribution is -2.17. The summed E-state index contributed by atoms with van der Waals surface area (Å²) in [5.41, 5.74) is 0.495. The Morgan fingerprint density at radius 1 is 1.11 bits per heavy atom. The first-order chi connectivity index (χ1) is 9.29. The standard InChI is InChI=1S/C16H16O3/c1-2-18-12-14(11-13-7-3-4-8-13)16(17)19-15-9-5-6-10-15/h2-11,13,15H,1,12H2. The van der Waals surface area contributed by atoms with Crippen LogP contribution in [0.2, 0.25) is 0 Å². The summed E-state index contributed by atoms with van der Waals surface area (Å²) in [6.45, 7) is 3.64. The normalized spacial score (nSPS) is 18.2. The number of esters is 1. The Hall–Kier alpha value is -2.29. The average molecular weight is 256 g/mol. The highest BCUT2D eigenvalue weighted by atomic mass is 16.5. The van der Waals surface area contributed by atoms with Gasteiger partial charge in [0.1, 0.15) is 12.7 Å². The second-order valence-electron chi connectivity index (χ2n) is 4.16. The van der Waals surface area contributed by atoms with E-state index in [1.54, 1.807) is 0 Å². The maximum Gasteiger partial charge on any atom is 0.338 e. The highest BCUT2D eigenvalue weighted by molar-refractivity contribution is 5.89. The third-order valence-corrected chi connectivity index (χ3v) is 2.75. The van der Waals surface area contributed by atoms with Crippen LogP contribution in [0.25, 0.3) is 0 Å². The molecule has 0 bridgehead atoms. The Morgan fingerprint density at radius 2 is 1.74 bits per heavy atom. The van der Waals surface area contributed by atoms with Crippen LogP contribution in [-0.2, 0) is 14.3 Å². The molecule has 0 fully saturated rings. The first-order valence-electron chi connectivity index (χ1n) is 6.14. The summed E-state index contributed by atoms with van der Waals surface area (Å²) in [7, 11) is 0. The van der Waals surface area contributed by atoms with Gasteiger partial charge in [-0.15, -0.1) is 0 Å². The van der Waals surface area contributed by atoms with Crippen molar-refractivity contribution in [3.63, 3.8) is 0 Å². The van der Waals surface area contributed by atoms with Crippen LogP contribution in [0.15, 0.2) is 73.1 Å².